The van der Waals surface area contributed by atoms with E-state index in [1.54, 1.807) is 6.92 Å². The van der Waals surface area contributed by atoms with Crippen LogP contribution in [0.3, 0.4) is 0 Å². The minimum Gasteiger partial charge on any atom is -0.365 e. The van der Waals surface area contributed by atoms with Crippen LogP contribution in [0.25, 0.3) is 0 Å². The standard InChI is InChI=1S/C12H22N2O2.ClH/c1-6-9(14-10(15)8(2)3)12(7-16-12)11(4,5)13;/h9H,2,6-7,13H2,1,3-5H3,(H,14,15);1H. The van der Waals surface area contributed by atoms with Crippen LogP contribution in [0.1, 0.15) is 34.1 Å². The van der Waals surface area contributed by atoms with Gasteiger partial charge in [-0.15, -0.1) is 12.4 Å². The average Bonchev–Trinajstić information content (AvgIpc) is 2.92. The van der Waals surface area contributed by atoms with Gasteiger partial charge in [-0.25, -0.2) is 0 Å². The lowest BCUT2D eigenvalue weighted by atomic mass is 9.81. The molecule has 17 heavy (non-hydrogen) atoms. The van der Waals surface area contributed by atoms with Gasteiger partial charge in [-0.2, -0.15) is 0 Å². The third-order valence-electron chi connectivity index (χ3n) is 3.21. The number of nitrogens with one attached hydrogen (secondary N) is 1. The summed E-state index contributed by atoms with van der Waals surface area (Å²) < 4.78 is 5.52. The van der Waals surface area contributed by atoms with E-state index in [4.69, 9.17) is 10.5 Å². The molecule has 5 heteroatoms. The molecule has 0 radical (unpaired) electrons. The summed E-state index contributed by atoms with van der Waals surface area (Å²) in [5.74, 6) is -0.133. The maximum absolute atomic E-state index is 11.6. The van der Waals surface area contributed by atoms with Crippen LogP contribution < -0.4 is 11.1 Å². The van der Waals surface area contributed by atoms with E-state index in [1.807, 2.05) is 20.8 Å². The van der Waals surface area contributed by atoms with E-state index in [0.29, 0.717) is 12.2 Å². The lowest BCUT2D eigenvalue weighted by molar-refractivity contribution is -0.118. The molecule has 0 spiro atoms. The molecule has 0 aromatic carbocycles. The van der Waals surface area contributed by atoms with Gasteiger partial charge in [0.1, 0.15) is 5.60 Å². The second kappa shape index (κ2) is 5.38. The van der Waals surface area contributed by atoms with Crippen LogP contribution >= 0.6 is 12.4 Å². The van der Waals surface area contributed by atoms with Crippen LogP contribution in [0.15, 0.2) is 12.2 Å². The lowest BCUT2D eigenvalue weighted by Crippen LogP contribution is -2.59. The molecule has 1 fully saturated rings. The van der Waals surface area contributed by atoms with Crippen LogP contribution in [0.2, 0.25) is 0 Å². The van der Waals surface area contributed by atoms with Gasteiger partial charge in [0.2, 0.25) is 5.91 Å². The number of hydrogen-bond donors (Lipinski definition) is 2. The zero-order chi connectivity index (χ0) is 12.6. The molecule has 1 aliphatic heterocycles. The van der Waals surface area contributed by atoms with E-state index in [9.17, 15) is 4.79 Å². The molecule has 0 bridgehead atoms. The van der Waals surface area contributed by atoms with Crippen LogP contribution in [0, 0.1) is 0 Å². The fourth-order valence-electron chi connectivity index (χ4n) is 1.93. The smallest absolute Gasteiger partial charge is 0.246 e. The Labute approximate surface area is 109 Å². The van der Waals surface area contributed by atoms with Crippen LogP contribution in [0.5, 0.6) is 0 Å². The Morgan fingerprint density at radius 2 is 2.12 bits per heavy atom. The van der Waals surface area contributed by atoms with E-state index < -0.39 is 11.1 Å². The molecule has 0 aliphatic carbocycles. The van der Waals surface area contributed by atoms with E-state index in [1.165, 1.54) is 0 Å². The highest BCUT2D eigenvalue weighted by molar-refractivity contribution is 5.92. The molecule has 1 amide bonds. The minimum atomic E-state index is -0.462. The zero-order valence-electron chi connectivity index (χ0n) is 11.0. The van der Waals surface area contributed by atoms with Gasteiger partial charge in [0.05, 0.1) is 12.6 Å². The van der Waals surface area contributed by atoms with Gasteiger partial charge in [0.25, 0.3) is 0 Å². The first-order valence-electron chi connectivity index (χ1n) is 5.64. The normalized spacial score (nSPS) is 24.5. The first kappa shape index (κ1) is 16.4. The number of amides is 1. The molecule has 4 nitrogen and oxygen atoms in total. The van der Waals surface area contributed by atoms with Crippen LogP contribution in [0.4, 0.5) is 0 Å². The number of carbonyl (C=O) groups excluding carboxylic acids is 1. The Balaban J connectivity index is 0.00000256. The molecule has 3 N–H and O–H groups in total. The minimum absolute atomic E-state index is 0. The van der Waals surface area contributed by atoms with Gasteiger partial charge in [0, 0.05) is 11.1 Å². The van der Waals surface area contributed by atoms with Crippen molar-refractivity contribution in [3.05, 3.63) is 12.2 Å². The summed E-state index contributed by atoms with van der Waals surface area (Å²) in [6.07, 6.45) is 0.791. The predicted molar refractivity (Wildman–Crippen MR) is 71.2 cm³/mol. The zero-order valence-corrected chi connectivity index (χ0v) is 11.8. The number of rotatable bonds is 5. The van der Waals surface area contributed by atoms with Gasteiger partial charge >= 0.3 is 0 Å². The number of carbonyl (C=O) groups is 1. The Bertz CT molecular complexity index is 306. The number of nitrogens with two attached hydrogens (primary N) is 1. The van der Waals surface area contributed by atoms with Gasteiger partial charge in [-0.05, 0) is 27.2 Å². The largest absolute Gasteiger partial charge is 0.365 e. The maximum Gasteiger partial charge on any atom is 0.246 e. The molecule has 0 aromatic rings. The van der Waals surface area contributed by atoms with Crippen molar-refractivity contribution in [1.82, 2.24) is 5.32 Å². The molecule has 0 saturated carbocycles. The quantitative estimate of drug-likeness (QED) is 0.581. The second-order valence-electron chi connectivity index (χ2n) is 5.11. The fourth-order valence-corrected chi connectivity index (χ4v) is 1.93. The van der Waals surface area contributed by atoms with Gasteiger partial charge in [-0.3, -0.25) is 4.79 Å². The molecular weight excluding hydrogens is 240 g/mol. The van der Waals surface area contributed by atoms with E-state index >= 15 is 0 Å². The molecule has 1 aliphatic rings. The van der Waals surface area contributed by atoms with Crippen molar-refractivity contribution in [1.29, 1.82) is 0 Å². The lowest BCUT2D eigenvalue weighted by Gasteiger charge is -2.34. The number of epoxide rings is 1. The molecule has 1 heterocycles. The summed E-state index contributed by atoms with van der Waals surface area (Å²) in [6.45, 7) is 11.8. The molecular formula is C12H23ClN2O2. The number of hydrogen-bond acceptors (Lipinski definition) is 3. The fraction of sp³-hybridized carbons (Fsp3) is 0.750. The molecule has 1 saturated heterocycles. The molecule has 0 aromatic heterocycles. The third kappa shape index (κ3) is 3.21. The topological polar surface area (TPSA) is 67.7 Å². The van der Waals surface area contributed by atoms with Crippen molar-refractivity contribution in [2.45, 2.75) is 51.3 Å². The summed E-state index contributed by atoms with van der Waals surface area (Å²) >= 11 is 0. The van der Waals surface area contributed by atoms with E-state index in [0.717, 1.165) is 6.42 Å². The highest BCUT2D eigenvalue weighted by Crippen LogP contribution is 2.41. The summed E-state index contributed by atoms with van der Waals surface area (Å²) in [5, 5.41) is 2.93. The third-order valence-corrected chi connectivity index (χ3v) is 3.21. The van der Waals surface area contributed by atoms with Crippen molar-refractivity contribution in [2.75, 3.05) is 6.61 Å². The Morgan fingerprint density at radius 3 is 2.35 bits per heavy atom. The Kier molecular flexibility index (Phi) is 5.19. The van der Waals surface area contributed by atoms with Crippen LogP contribution in [-0.2, 0) is 9.53 Å². The number of ether oxygens (including phenoxy) is 1. The van der Waals surface area contributed by atoms with Crippen molar-refractivity contribution < 1.29 is 9.53 Å². The summed E-state index contributed by atoms with van der Waals surface area (Å²) in [7, 11) is 0. The molecule has 2 atom stereocenters. The molecule has 1 rings (SSSR count). The number of halogens is 1. The molecule has 2 unspecified atom stereocenters. The Hall–Kier alpha value is -0.580. The van der Waals surface area contributed by atoms with E-state index in [2.05, 4.69) is 11.9 Å². The first-order chi connectivity index (χ1) is 7.24. The van der Waals surface area contributed by atoms with Crippen molar-refractivity contribution in [3.63, 3.8) is 0 Å². The van der Waals surface area contributed by atoms with Gasteiger partial charge < -0.3 is 15.8 Å². The predicted octanol–water partition coefficient (Wildman–Crippen LogP) is 1.39. The van der Waals surface area contributed by atoms with Crippen molar-refractivity contribution in [3.8, 4) is 0 Å². The van der Waals surface area contributed by atoms with Gasteiger partial charge in [-0.1, -0.05) is 13.5 Å². The summed E-state index contributed by atoms with van der Waals surface area (Å²) in [6, 6.07) is -0.0586. The van der Waals surface area contributed by atoms with Gasteiger partial charge in [0.15, 0.2) is 0 Å². The molecule has 100 valence electrons. The van der Waals surface area contributed by atoms with Crippen molar-refractivity contribution >= 4 is 18.3 Å². The highest BCUT2D eigenvalue weighted by Gasteiger charge is 2.60. The second-order valence-corrected chi connectivity index (χ2v) is 5.11. The average molecular weight is 263 g/mol. The van der Waals surface area contributed by atoms with Crippen LogP contribution in [-0.4, -0.2) is 29.7 Å². The maximum atomic E-state index is 11.6. The SMILES string of the molecule is C=C(C)C(=O)NC(CC)C1(C(C)(C)N)CO1.Cl. The Morgan fingerprint density at radius 1 is 1.65 bits per heavy atom. The first-order valence-corrected chi connectivity index (χ1v) is 5.64. The summed E-state index contributed by atoms with van der Waals surface area (Å²) in [5.41, 5.74) is 5.72. The van der Waals surface area contributed by atoms with Crippen molar-refractivity contribution in [2.24, 2.45) is 5.73 Å². The highest BCUT2D eigenvalue weighted by atomic mass is 35.5. The monoisotopic (exact) mass is 262 g/mol. The van der Waals surface area contributed by atoms with E-state index in [-0.39, 0.29) is 24.4 Å². The summed E-state index contributed by atoms with van der Waals surface area (Å²) in [4.78, 5) is 11.6.